The predicted molar refractivity (Wildman–Crippen MR) is 108 cm³/mol. The van der Waals surface area contributed by atoms with Gasteiger partial charge in [-0.05, 0) is 41.6 Å². The summed E-state index contributed by atoms with van der Waals surface area (Å²) in [5, 5.41) is 3.55. The Labute approximate surface area is 151 Å². The Morgan fingerprint density at radius 3 is 1.76 bits per heavy atom. The fourth-order valence-electron chi connectivity index (χ4n) is 2.98. The van der Waals surface area contributed by atoms with Gasteiger partial charge in [0.1, 0.15) is 0 Å². The number of benzene rings is 3. The van der Waals surface area contributed by atoms with Crippen molar-refractivity contribution in [3.63, 3.8) is 0 Å². The van der Waals surface area contributed by atoms with E-state index in [-0.39, 0.29) is 0 Å². The molecule has 0 radical (unpaired) electrons. The van der Waals surface area contributed by atoms with Crippen molar-refractivity contribution in [1.82, 2.24) is 5.32 Å². The topological polar surface area (TPSA) is 12.0 Å². The van der Waals surface area contributed by atoms with Gasteiger partial charge in [-0.25, -0.2) is 0 Å². The van der Waals surface area contributed by atoms with Crippen LogP contribution in [0.3, 0.4) is 0 Å². The van der Waals surface area contributed by atoms with Gasteiger partial charge in [0, 0.05) is 6.54 Å². The quantitative estimate of drug-likeness (QED) is 0.551. The largest absolute Gasteiger partial charge is 0.313 e. The smallest absolute Gasteiger partial charge is 0.0144 e. The van der Waals surface area contributed by atoms with E-state index >= 15 is 0 Å². The van der Waals surface area contributed by atoms with Crippen LogP contribution < -0.4 is 5.32 Å². The van der Waals surface area contributed by atoms with Gasteiger partial charge in [-0.15, -0.1) is 0 Å². The third kappa shape index (κ3) is 5.44. The van der Waals surface area contributed by atoms with Crippen molar-refractivity contribution >= 4 is 5.57 Å². The molecular weight excluding hydrogens is 302 g/mol. The van der Waals surface area contributed by atoms with Crippen molar-refractivity contribution in [3.05, 3.63) is 114 Å². The van der Waals surface area contributed by atoms with Crippen molar-refractivity contribution in [1.29, 1.82) is 0 Å². The average Bonchev–Trinajstić information content (AvgIpc) is 2.69. The lowest BCUT2D eigenvalue weighted by atomic mass is 9.97. The van der Waals surface area contributed by atoms with Crippen LogP contribution in [-0.2, 0) is 6.42 Å². The second kappa shape index (κ2) is 9.61. The van der Waals surface area contributed by atoms with Crippen molar-refractivity contribution in [2.45, 2.75) is 12.8 Å². The molecular formula is C24H25N. The Morgan fingerprint density at radius 2 is 1.20 bits per heavy atom. The molecule has 0 fully saturated rings. The molecule has 3 aromatic carbocycles. The molecule has 0 bridgehead atoms. The van der Waals surface area contributed by atoms with E-state index in [0.29, 0.717) is 0 Å². The molecule has 3 aromatic rings. The lowest BCUT2D eigenvalue weighted by Gasteiger charge is -2.09. The fourth-order valence-corrected chi connectivity index (χ4v) is 2.98. The zero-order valence-corrected chi connectivity index (χ0v) is 14.6. The van der Waals surface area contributed by atoms with Gasteiger partial charge in [0.05, 0.1) is 0 Å². The third-order valence-electron chi connectivity index (χ3n) is 4.28. The number of hydrogen-bond donors (Lipinski definition) is 1. The lowest BCUT2D eigenvalue weighted by molar-refractivity contribution is 0.693. The number of rotatable bonds is 8. The maximum Gasteiger partial charge on any atom is 0.0144 e. The van der Waals surface area contributed by atoms with Gasteiger partial charge in [0.2, 0.25) is 0 Å². The van der Waals surface area contributed by atoms with Crippen LogP contribution in [0.2, 0.25) is 0 Å². The van der Waals surface area contributed by atoms with E-state index in [1.54, 1.807) is 0 Å². The lowest BCUT2D eigenvalue weighted by Crippen LogP contribution is -2.16. The standard InChI is InChI=1S/C24H25N/c1-4-11-21(12-5-1)13-10-19-25-20-18-24(22-14-6-2-7-15-22)23-16-8-3-9-17-23/h1-9,11-12,14-18,25H,10,13,19-20H2. The van der Waals surface area contributed by atoms with E-state index in [9.17, 15) is 0 Å². The highest BCUT2D eigenvalue weighted by Gasteiger charge is 2.03. The molecule has 0 saturated carbocycles. The monoisotopic (exact) mass is 327 g/mol. The van der Waals surface area contributed by atoms with Crippen LogP contribution in [0.1, 0.15) is 23.1 Å². The summed E-state index contributed by atoms with van der Waals surface area (Å²) in [5.74, 6) is 0. The summed E-state index contributed by atoms with van der Waals surface area (Å²) < 4.78 is 0. The molecule has 0 aliphatic rings. The molecule has 0 atom stereocenters. The van der Waals surface area contributed by atoms with Crippen molar-refractivity contribution in [2.24, 2.45) is 0 Å². The summed E-state index contributed by atoms with van der Waals surface area (Å²) in [6.45, 7) is 1.91. The average molecular weight is 327 g/mol. The van der Waals surface area contributed by atoms with Gasteiger partial charge < -0.3 is 5.32 Å². The summed E-state index contributed by atoms with van der Waals surface area (Å²) >= 11 is 0. The zero-order chi connectivity index (χ0) is 17.2. The first-order valence-corrected chi connectivity index (χ1v) is 8.99. The van der Waals surface area contributed by atoms with E-state index in [1.165, 1.54) is 22.3 Å². The van der Waals surface area contributed by atoms with Crippen LogP contribution >= 0.6 is 0 Å². The molecule has 0 saturated heterocycles. The number of aryl methyl sites for hydroxylation is 1. The summed E-state index contributed by atoms with van der Waals surface area (Å²) in [4.78, 5) is 0. The Balaban J connectivity index is 1.56. The minimum Gasteiger partial charge on any atom is -0.313 e. The molecule has 3 rings (SSSR count). The second-order valence-corrected chi connectivity index (χ2v) is 6.14. The third-order valence-corrected chi connectivity index (χ3v) is 4.28. The van der Waals surface area contributed by atoms with E-state index < -0.39 is 0 Å². The molecule has 0 aliphatic heterocycles. The van der Waals surface area contributed by atoms with Crippen LogP contribution in [0.4, 0.5) is 0 Å². The van der Waals surface area contributed by atoms with Crippen LogP contribution in [0, 0.1) is 0 Å². The predicted octanol–water partition coefficient (Wildman–Crippen LogP) is 5.34. The fraction of sp³-hybridized carbons (Fsp3) is 0.167. The molecule has 0 heterocycles. The minimum atomic E-state index is 0.883. The second-order valence-electron chi connectivity index (χ2n) is 6.14. The Hall–Kier alpha value is -2.64. The molecule has 126 valence electrons. The van der Waals surface area contributed by atoms with Gasteiger partial charge in [0.25, 0.3) is 0 Å². The molecule has 1 N–H and O–H groups in total. The van der Waals surface area contributed by atoms with Crippen molar-refractivity contribution < 1.29 is 0 Å². The first-order chi connectivity index (χ1) is 12.4. The molecule has 0 spiro atoms. The maximum absolute atomic E-state index is 3.55. The summed E-state index contributed by atoms with van der Waals surface area (Å²) in [6, 6.07) is 31.9. The summed E-state index contributed by atoms with van der Waals surface area (Å²) in [5.41, 5.74) is 5.23. The SMILES string of the molecule is C(CNCCCc1ccccc1)=C(c1ccccc1)c1ccccc1. The minimum absolute atomic E-state index is 0.883. The zero-order valence-electron chi connectivity index (χ0n) is 14.6. The van der Waals surface area contributed by atoms with Crippen LogP contribution in [0.15, 0.2) is 97.1 Å². The molecule has 1 nitrogen and oxygen atoms in total. The van der Waals surface area contributed by atoms with Gasteiger partial charge in [0.15, 0.2) is 0 Å². The van der Waals surface area contributed by atoms with Crippen LogP contribution in [0.25, 0.3) is 5.57 Å². The van der Waals surface area contributed by atoms with Crippen molar-refractivity contribution in [2.75, 3.05) is 13.1 Å². The summed E-state index contributed by atoms with van der Waals surface area (Å²) in [7, 11) is 0. The normalized spacial score (nSPS) is 10.4. The van der Waals surface area contributed by atoms with Gasteiger partial charge in [-0.3, -0.25) is 0 Å². The van der Waals surface area contributed by atoms with E-state index in [1.807, 2.05) is 0 Å². The van der Waals surface area contributed by atoms with E-state index in [0.717, 1.165) is 25.9 Å². The molecule has 25 heavy (non-hydrogen) atoms. The van der Waals surface area contributed by atoms with Crippen molar-refractivity contribution in [3.8, 4) is 0 Å². The summed E-state index contributed by atoms with van der Waals surface area (Å²) in [6.07, 6.45) is 4.58. The highest BCUT2D eigenvalue weighted by atomic mass is 14.8. The first kappa shape index (κ1) is 17.2. The van der Waals surface area contributed by atoms with E-state index in [2.05, 4.69) is 102 Å². The Morgan fingerprint density at radius 1 is 0.680 bits per heavy atom. The maximum atomic E-state index is 3.55. The first-order valence-electron chi connectivity index (χ1n) is 8.99. The highest BCUT2D eigenvalue weighted by molar-refractivity contribution is 5.79. The van der Waals surface area contributed by atoms with Crippen LogP contribution in [-0.4, -0.2) is 13.1 Å². The van der Waals surface area contributed by atoms with E-state index in [4.69, 9.17) is 0 Å². The molecule has 0 amide bonds. The van der Waals surface area contributed by atoms with Gasteiger partial charge >= 0.3 is 0 Å². The molecule has 0 aliphatic carbocycles. The molecule has 0 unspecified atom stereocenters. The van der Waals surface area contributed by atoms with Crippen LogP contribution in [0.5, 0.6) is 0 Å². The Kier molecular flexibility index (Phi) is 6.61. The molecule has 0 aromatic heterocycles. The van der Waals surface area contributed by atoms with Gasteiger partial charge in [-0.1, -0.05) is 97.1 Å². The van der Waals surface area contributed by atoms with Gasteiger partial charge in [-0.2, -0.15) is 0 Å². The highest BCUT2D eigenvalue weighted by Crippen LogP contribution is 2.22. The number of hydrogen-bond acceptors (Lipinski definition) is 1. The molecule has 1 heteroatoms. The Bertz CT molecular complexity index is 719. The number of nitrogens with one attached hydrogen (secondary N) is 1.